The van der Waals surface area contributed by atoms with Gasteiger partial charge in [0.25, 0.3) is 0 Å². The fraction of sp³-hybridized carbons (Fsp3) is 0.455. The van der Waals surface area contributed by atoms with Crippen LogP contribution >= 0.6 is 11.3 Å². The van der Waals surface area contributed by atoms with Gasteiger partial charge in [-0.2, -0.15) is 0 Å². The van der Waals surface area contributed by atoms with Gasteiger partial charge in [-0.1, -0.05) is 74.5 Å². The summed E-state index contributed by atoms with van der Waals surface area (Å²) in [5.74, 6) is -0.624. The number of nitrogens with one attached hydrogen (secondary N) is 3. The Hall–Kier alpha value is -3.96. The zero-order valence-corrected chi connectivity index (χ0v) is 26.8. The molecule has 0 aliphatic carbocycles. The third-order valence-corrected chi connectivity index (χ3v) is 7.47. The minimum atomic E-state index is -1.04. The molecule has 10 nitrogen and oxygen atoms in total. The summed E-state index contributed by atoms with van der Waals surface area (Å²) in [5, 5.41) is 20.1. The summed E-state index contributed by atoms with van der Waals surface area (Å²) in [5.41, 5.74) is 2.82. The molecule has 44 heavy (non-hydrogen) atoms. The average molecular weight is 625 g/mol. The van der Waals surface area contributed by atoms with E-state index in [0.29, 0.717) is 12.8 Å². The molecule has 3 rings (SSSR count). The minimum Gasteiger partial charge on any atom is -0.444 e. The smallest absolute Gasteiger partial charge is 0.408 e. The van der Waals surface area contributed by atoms with E-state index in [1.165, 1.54) is 11.3 Å². The summed E-state index contributed by atoms with van der Waals surface area (Å²) < 4.78 is 10.8. The molecule has 11 heteroatoms. The first-order chi connectivity index (χ1) is 20.9. The fourth-order valence-corrected chi connectivity index (χ4v) is 5.11. The Kier molecular flexibility index (Phi) is 13.2. The van der Waals surface area contributed by atoms with E-state index in [4.69, 9.17) is 9.47 Å². The maximum absolute atomic E-state index is 13.5. The number of nitrogens with zero attached hydrogens (tertiary/aromatic N) is 1. The SMILES string of the molecule is CC(C)[C@H](NC(=O)OC(C)(C)C)C(=O)N[C@@H](Cc1ccccc1)C[C@H](O)[C@H](Cc1ccccc1)NC(=O)OCc1cncs1. The molecule has 3 amide bonds. The Bertz CT molecular complexity index is 1300. The molecule has 0 spiro atoms. The zero-order chi connectivity index (χ0) is 32.1. The van der Waals surface area contributed by atoms with Crippen LogP contribution in [0.1, 0.15) is 57.0 Å². The van der Waals surface area contributed by atoms with Gasteiger partial charge in [0, 0.05) is 12.2 Å². The first-order valence-electron chi connectivity index (χ1n) is 14.8. The van der Waals surface area contributed by atoms with Gasteiger partial charge in [0.15, 0.2) is 0 Å². The summed E-state index contributed by atoms with van der Waals surface area (Å²) in [6.07, 6.45) is 0.139. The van der Waals surface area contributed by atoms with Crippen LogP contribution in [0.4, 0.5) is 9.59 Å². The number of amides is 3. The van der Waals surface area contributed by atoms with Gasteiger partial charge in [0.1, 0.15) is 18.2 Å². The number of alkyl carbamates (subject to hydrolysis) is 2. The number of carbonyl (C=O) groups is 3. The molecule has 1 aromatic heterocycles. The van der Waals surface area contributed by atoms with Crippen molar-refractivity contribution in [2.45, 2.75) is 90.3 Å². The molecule has 0 saturated carbocycles. The highest BCUT2D eigenvalue weighted by Gasteiger charge is 2.31. The molecule has 4 atom stereocenters. The Morgan fingerprint density at radius 3 is 2.05 bits per heavy atom. The van der Waals surface area contributed by atoms with Crippen molar-refractivity contribution < 1.29 is 29.0 Å². The number of hydrogen-bond acceptors (Lipinski definition) is 8. The lowest BCUT2D eigenvalue weighted by Crippen LogP contribution is -2.54. The van der Waals surface area contributed by atoms with Crippen molar-refractivity contribution in [3.05, 3.63) is 88.4 Å². The molecule has 0 unspecified atom stereocenters. The number of rotatable bonds is 14. The molecule has 0 aliphatic rings. The second-order valence-electron chi connectivity index (χ2n) is 12.1. The second kappa shape index (κ2) is 16.8. The predicted octanol–water partition coefficient (Wildman–Crippen LogP) is 5.01. The fourth-order valence-electron chi connectivity index (χ4n) is 4.60. The van der Waals surface area contributed by atoms with E-state index in [0.717, 1.165) is 16.0 Å². The van der Waals surface area contributed by atoms with Gasteiger partial charge in [-0.25, -0.2) is 9.59 Å². The topological polar surface area (TPSA) is 139 Å². The largest absolute Gasteiger partial charge is 0.444 e. The lowest BCUT2D eigenvalue weighted by atomic mass is 9.93. The number of hydrogen-bond donors (Lipinski definition) is 4. The van der Waals surface area contributed by atoms with Crippen LogP contribution in [0, 0.1) is 5.92 Å². The predicted molar refractivity (Wildman–Crippen MR) is 170 cm³/mol. The molecule has 0 saturated heterocycles. The molecule has 4 N–H and O–H groups in total. The van der Waals surface area contributed by atoms with Crippen molar-refractivity contribution >= 4 is 29.4 Å². The number of thiazole rings is 1. The number of aromatic nitrogens is 1. The number of ether oxygens (including phenoxy) is 2. The molecular formula is C33H44N4O6S. The first-order valence-corrected chi connectivity index (χ1v) is 15.6. The summed E-state index contributed by atoms with van der Waals surface area (Å²) in [6.45, 7) is 9.00. The van der Waals surface area contributed by atoms with Gasteiger partial charge in [-0.15, -0.1) is 11.3 Å². The van der Waals surface area contributed by atoms with Crippen LogP contribution in [-0.2, 0) is 33.7 Å². The summed E-state index contributed by atoms with van der Waals surface area (Å²) in [7, 11) is 0. The van der Waals surface area contributed by atoms with E-state index in [1.54, 1.807) is 32.5 Å². The Labute approximate surface area is 263 Å². The van der Waals surface area contributed by atoms with Crippen LogP contribution in [0.3, 0.4) is 0 Å². The van der Waals surface area contributed by atoms with Gasteiger partial charge in [-0.3, -0.25) is 9.78 Å². The highest BCUT2D eigenvalue weighted by Crippen LogP contribution is 2.16. The summed E-state index contributed by atoms with van der Waals surface area (Å²) in [6, 6.07) is 17.0. The number of aliphatic hydroxyl groups excluding tert-OH is 1. The van der Waals surface area contributed by atoms with Crippen LogP contribution in [0.5, 0.6) is 0 Å². The lowest BCUT2D eigenvalue weighted by Gasteiger charge is -2.30. The lowest BCUT2D eigenvalue weighted by molar-refractivity contribution is -0.125. The van der Waals surface area contributed by atoms with Gasteiger partial charge < -0.3 is 30.5 Å². The standard InChI is InChI=1S/C33H44N4O6S/c1-22(2)29(37-32(41)43-33(3,4)5)30(39)35-25(16-23-12-8-6-9-13-23)18-28(38)27(17-24-14-10-7-11-15-24)36-31(40)42-20-26-19-34-21-44-26/h6-15,19,21-22,25,27-29,38H,16-18,20H2,1-5H3,(H,35,39)(H,36,40)(H,37,41)/t25-,27-,28-,29-/m0/s1. The van der Waals surface area contributed by atoms with Gasteiger partial charge in [0.2, 0.25) is 5.91 Å². The molecule has 0 radical (unpaired) electrons. The highest BCUT2D eigenvalue weighted by atomic mass is 32.1. The van der Waals surface area contributed by atoms with Crippen LogP contribution in [0.25, 0.3) is 0 Å². The first kappa shape index (κ1) is 34.5. The van der Waals surface area contributed by atoms with Crippen molar-refractivity contribution in [2.75, 3.05) is 0 Å². The van der Waals surface area contributed by atoms with Gasteiger partial charge in [-0.05, 0) is 57.1 Å². The van der Waals surface area contributed by atoms with E-state index < -0.39 is 47.9 Å². The second-order valence-corrected chi connectivity index (χ2v) is 13.0. The molecule has 0 aliphatic heterocycles. The van der Waals surface area contributed by atoms with Crippen LogP contribution in [0.15, 0.2) is 72.4 Å². The number of carbonyl (C=O) groups excluding carboxylic acids is 3. The van der Waals surface area contributed by atoms with Gasteiger partial charge >= 0.3 is 12.2 Å². The molecular weight excluding hydrogens is 580 g/mol. The molecule has 0 bridgehead atoms. The monoisotopic (exact) mass is 624 g/mol. The van der Waals surface area contributed by atoms with Crippen molar-refractivity contribution in [3.63, 3.8) is 0 Å². The van der Waals surface area contributed by atoms with E-state index in [9.17, 15) is 19.5 Å². The van der Waals surface area contributed by atoms with E-state index in [-0.39, 0.29) is 18.9 Å². The maximum atomic E-state index is 13.5. The normalized spacial score (nSPS) is 14.2. The highest BCUT2D eigenvalue weighted by molar-refractivity contribution is 7.09. The van der Waals surface area contributed by atoms with Crippen molar-refractivity contribution in [3.8, 4) is 0 Å². The van der Waals surface area contributed by atoms with Gasteiger partial charge in [0.05, 0.1) is 22.5 Å². The van der Waals surface area contributed by atoms with Crippen molar-refractivity contribution in [2.24, 2.45) is 5.92 Å². The minimum absolute atomic E-state index is 0.0680. The molecule has 0 fully saturated rings. The Morgan fingerprint density at radius 2 is 1.50 bits per heavy atom. The average Bonchev–Trinajstić information content (AvgIpc) is 3.48. The number of aliphatic hydroxyl groups is 1. The van der Waals surface area contributed by atoms with E-state index in [1.807, 2.05) is 74.5 Å². The Morgan fingerprint density at radius 1 is 0.886 bits per heavy atom. The molecule has 3 aromatic rings. The Balaban J connectivity index is 1.77. The zero-order valence-electron chi connectivity index (χ0n) is 26.0. The van der Waals surface area contributed by atoms with Crippen LogP contribution in [-0.4, -0.2) is 58.0 Å². The van der Waals surface area contributed by atoms with E-state index in [2.05, 4.69) is 20.9 Å². The molecule has 238 valence electrons. The third-order valence-electron chi connectivity index (χ3n) is 6.71. The number of benzene rings is 2. The summed E-state index contributed by atoms with van der Waals surface area (Å²) >= 11 is 1.38. The van der Waals surface area contributed by atoms with Crippen molar-refractivity contribution in [1.29, 1.82) is 0 Å². The molecule has 1 heterocycles. The third kappa shape index (κ3) is 12.3. The van der Waals surface area contributed by atoms with E-state index >= 15 is 0 Å². The van der Waals surface area contributed by atoms with Crippen molar-refractivity contribution in [1.82, 2.24) is 20.9 Å². The van der Waals surface area contributed by atoms with Crippen LogP contribution in [0.2, 0.25) is 0 Å². The van der Waals surface area contributed by atoms with Crippen LogP contribution < -0.4 is 16.0 Å². The quantitative estimate of drug-likeness (QED) is 0.198. The summed E-state index contributed by atoms with van der Waals surface area (Å²) in [4.78, 5) is 43.6. The maximum Gasteiger partial charge on any atom is 0.408 e. The molecule has 2 aromatic carbocycles.